The molecular weight excluding hydrogens is 282 g/mol. The van der Waals surface area contributed by atoms with E-state index in [-0.39, 0.29) is 11.5 Å². The van der Waals surface area contributed by atoms with Crippen molar-refractivity contribution in [1.82, 2.24) is 4.90 Å². The molecule has 1 aromatic heterocycles. The van der Waals surface area contributed by atoms with E-state index in [4.69, 9.17) is 9.15 Å². The number of carbonyl (C=O) groups is 2. The summed E-state index contributed by atoms with van der Waals surface area (Å²) in [6, 6.07) is 3.29. The van der Waals surface area contributed by atoms with E-state index in [2.05, 4.69) is 6.58 Å². The van der Waals surface area contributed by atoms with E-state index < -0.39 is 17.2 Å². The van der Waals surface area contributed by atoms with Crippen LogP contribution in [0.2, 0.25) is 0 Å². The first-order chi connectivity index (χ1) is 10.3. The number of nitrogens with zero attached hydrogens (tertiary/aromatic N) is 1. The lowest BCUT2D eigenvalue weighted by Gasteiger charge is -2.36. The van der Waals surface area contributed by atoms with Crippen molar-refractivity contribution >= 4 is 11.9 Å². The van der Waals surface area contributed by atoms with Gasteiger partial charge in [-0.15, -0.1) is 6.58 Å². The second-order valence-corrected chi connectivity index (χ2v) is 6.57. The Labute approximate surface area is 130 Å². The summed E-state index contributed by atoms with van der Waals surface area (Å²) in [6.07, 6.45) is 4.38. The Morgan fingerprint density at radius 1 is 1.50 bits per heavy atom. The van der Waals surface area contributed by atoms with Crippen molar-refractivity contribution in [2.45, 2.75) is 51.2 Å². The normalized spacial score (nSPS) is 21.7. The molecule has 0 aromatic carbocycles. The molecular formula is C17H23NO4. The van der Waals surface area contributed by atoms with Gasteiger partial charge in [-0.3, -0.25) is 9.69 Å². The molecule has 0 aliphatic carbocycles. The lowest BCUT2D eigenvalue weighted by molar-refractivity contribution is 0.00857. The van der Waals surface area contributed by atoms with Gasteiger partial charge in [-0.1, -0.05) is 6.08 Å². The molecule has 1 aliphatic heterocycles. The topological polar surface area (TPSA) is 59.8 Å². The van der Waals surface area contributed by atoms with Crippen LogP contribution in [0, 0.1) is 0 Å². The fourth-order valence-corrected chi connectivity index (χ4v) is 2.88. The second kappa shape index (κ2) is 5.99. The molecule has 1 aliphatic rings. The lowest BCUT2D eigenvalue weighted by Crippen LogP contribution is -2.54. The molecule has 5 nitrogen and oxygen atoms in total. The van der Waals surface area contributed by atoms with Crippen LogP contribution in [0.15, 0.2) is 35.5 Å². The molecule has 120 valence electrons. The highest BCUT2D eigenvalue weighted by atomic mass is 16.6. The van der Waals surface area contributed by atoms with E-state index >= 15 is 0 Å². The molecule has 0 bridgehead atoms. The molecule has 0 spiro atoms. The van der Waals surface area contributed by atoms with Gasteiger partial charge in [0.05, 0.1) is 6.26 Å². The van der Waals surface area contributed by atoms with E-state index in [0.29, 0.717) is 19.4 Å². The summed E-state index contributed by atoms with van der Waals surface area (Å²) in [6.45, 7) is 9.66. The first-order valence-electron chi connectivity index (χ1n) is 7.50. The Morgan fingerprint density at radius 3 is 2.77 bits per heavy atom. The summed E-state index contributed by atoms with van der Waals surface area (Å²) >= 11 is 0. The summed E-state index contributed by atoms with van der Waals surface area (Å²) in [7, 11) is 0. The Hall–Kier alpha value is -2.04. The molecule has 0 unspecified atom stereocenters. The lowest BCUT2D eigenvalue weighted by atomic mass is 9.86. The van der Waals surface area contributed by atoms with Gasteiger partial charge >= 0.3 is 6.09 Å². The maximum Gasteiger partial charge on any atom is 0.411 e. The molecule has 1 aromatic rings. The van der Waals surface area contributed by atoms with E-state index in [0.717, 1.165) is 6.42 Å². The summed E-state index contributed by atoms with van der Waals surface area (Å²) in [5.74, 6) is 0.0677. The van der Waals surface area contributed by atoms with Gasteiger partial charge in [-0.05, 0) is 52.2 Å². The molecule has 1 fully saturated rings. The molecule has 1 amide bonds. The fourth-order valence-electron chi connectivity index (χ4n) is 2.88. The molecule has 2 rings (SSSR count). The van der Waals surface area contributed by atoms with Crippen molar-refractivity contribution in [2.24, 2.45) is 0 Å². The Morgan fingerprint density at radius 2 is 2.23 bits per heavy atom. The van der Waals surface area contributed by atoms with Crippen LogP contribution in [0.1, 0.15) is 50.6 Å². The van der Waals surface area contributed by atoms with Gasteiger partial charge in [-0.25, -0.2) is 4.79 Å². The SMILES string of the molecule is C=CC[C@]1(C(=O)c2ccco2)CCCN1C(=O)OC(C)(C)C. The van der Waals surface area contributed by atoms with Crippen molar-refractivity contribution in [3.8, 4) is 0 Å². The maximum atomic E-state index is 12.9. The minimum Gasteiger partial charge on any atom is -0.461 e. The molecule has 0 N–H and O–H groups in total. The van der Waals surface area contributed by atoms with Crippen LogP contribution in [0.4, 0.5) is 4.79 Å². The third kappa shape index (κ3) is 3.08. The van der Waals surface area contributed by atoms with Crippen molar-refractivity contribution in [1.29, 1.82) is 0 Å². The highest BCUT2D eigenvalue weighted by molar-refractivity contribution is 6.03. The van der Waals surface area contributed by atoms with Crippen LogP contribution in [0.3, 0.4) is 0 Å². The fraction of sp³-hybridized carbons (Fsp3) is 0.529. The Balaban J connectivity index is 2.34. The van der Waals surface area contributed by atoms with Gasteiger partial charge < -0.3 is 9.15 Å². The first kappa shape index (κ1) is 16.3. The highest BCUT2D eigenvalue weighted by Crippen LogP contribution is 2.37. The van der Waals surface area contributed by atoms with Crippen LogP contribution < -0.4 is 0 Å². The number of carbonyl (C=O) groups excluding carboxylic acids is 2. The number of hydrogen-bond donors (Lipinski definition) is 0. The smallest absolute Gasteiger partial charge is 0.411 e. The quantitative estimate of drug-likeness (QED) is 0.627. The third-order valence-corrected chi connectivity index (χ3v) is 3.75. The zero-order valence-electron chi connectivity index (χ0n) is 13.4. The zero-order chi connectivity index (χ0) is 16.4. The molecule has 1 atom stereocenters. The Kier molecular flexibility index (Phi) is 4.44. The monoisotopic (exact) mass is 305 g/mol. The number of likely N-dealkylation sites (tertiary alicyclic amines) is 1. The zero-order valence-corrected chi connectivity index (χ0v) is 13.4. The van der Waals surface area contributed by atoms with E-state index in [9.17, 15) is 9.59 Å². The van der Waals surface area contributed by atoms with Crippen molar-refractivity contribution in [2.75, 3.05) is 6.54 Å². The predicted molar refractivity (Wildman–Crippen MR) is 82.8 cm³/mol. The van der Waals surface area contributed by atoms with Crippen molar-refractivity contribution in [3.05, 3.63) is 36.8 Å². The summed E-state index contributed by atoms with van der Waals surface area (Å²) in [4.78, 5) is 27.0. The Bertz CT molecular complexity index is 556. The summed E-state index contributed by atoms with van der Waals surface area (Å²) in [5.41, 5.74) is -1.56. The number of hydrogen-bond acceptors (Lipinski definition) is 4. The van der Waals surface area contributed by atoms with E-state index in [1.165, 1.54) is 11.2 Å². The number of ether oxygens (including phenoxy) is 1. The van der Waals surface area contributed by atoms with Gasteiger partial charge in [0.1, 0.15) is 11.1 Å². The number of amides is 1. The van der Waals surface area contributed by atoms with Gasteiger partial charge in [0.25, 0.3) is 0 Å². The maximum absolute atomic E-state index is 12.9. The molecule has 0 radical (unpaired) electrons. The van der Waals surface area contributed by atoms with Gasteiger partial charge in [0, 0.05) is 6.54 Å². The standard InChI is InChI=1S/C17H23NO4/c1-5-9-17(14(19)13-8-6-12-21-13)10-7-11-18(17)15(20)22-16(2,3)4/h5-6,8,12H,1,7,9-11H2,2-4H3/t17-/m1/s1. The number of ketones is 1. The molecule has 5 heteroatoms. The molecule has 22 heavy (non-hydrogen) atoms. The molecule has 0 saturated carbocycles. The molecule has 1 saturated heterocycles. The van der Waals surface area contributed by atoms with Crippen LogP contribution in [0.25, 0.3) is 0 Å². The van der Waals surface area contributed by atoms with Gasteiger partial charge in [0.15, 0.2) is 5.76 Å². The number of Topliss-reactive ketones (excluding diaryl/α,β-unsaturated/α-hetero) is 1. The summed E-state index contributed by atoms with van der Waals surface area (Å²) in [5, 5.41) is 0. The van der Waals surface area contributed by atoms with Crippen molar-refractivity contribution in [3.63, 3.8) is 0 Å². The minimum absolute atomic E-state index is 0.194. The van der Waals surface area contributed by atoms with Crippen LogP contribution in [-0.4, -0.2) is 34.5 Å². The van der Waals surface area contributed by atoms with E-state index in [1.807, 2.05) is 20.8 Å². The number of furan rings is 1. The molecule has 2 heterocycles. The first-order valence-corrected chi connectivity index (χ1v) is 7.50. The third-order valence-electron chi connectivity index (χ3n) is 3.75. The predicted octanol–water partition coefficient (Wildman–Crippen LogP) is 3.81. The van der Waals surface area contributed by atoms with Crippen molar-refractivity contribution < 1.29 is 18.7 Å². The van der Waals surface area contributed by atoms with Crippen LogP contribution in [0.5, 0.6) is 0 Å². The summed E-state index contributed by atoms with van der Waals surface area (Å²) < 4.78 is 10.7. The minimum atomic E-state index is -0.956. The second-order valence-electron chi connectivity index (χ2n) is 6.57. The largest absolute Gasteiger partial charge is 0.461 e. The van der Waals surface area contributed by atoms with Gasteiger partial charge in [0.2, 0.25) is 5.78 Å². The van der Waals surface area contributed by atoms with Gasteiger partial charge in [-0.2, -0.15) is 0 Å². The average molecular weight is 305 g/mol. The van der Waals surface area contributed by atoms with E-state index in [1.54, 1.807) is 18.2 Å². The van der Waals surface area contributed by atoms with Crippen LogP contribution in [-0.2, 0) is 4.74 Å². The average Bonchev–Trinajstić information content (AvgIpc) is 3.06. The highest BCUT2D eigenvalue weighted by Gasteiger charge is 2.51. The van der Waals surface area contributed by atoms with Crippen LogP contribution >= 0.6 is 0 Å². The number of rotatable bonds is 4.